The first-order valence-corrected chi connectivity index (χ1v) is 5.37. The van der Waals surface area contributed by atoms with Crippen molar-refractivity contribution in [2.24, 2.45) is 17.4 Å². The Labute approximate surface area is 100 Å². The van der Waals surface area contributed by atoms with E-state index in [9.17, 15) is 9.59 Å². The predicted octanol–water partition coefficient (Wildman–Crippen LogP) is 0.627. The lowest BCUT2D eigenvalue weighted by Gasteiger charge is -2.12. The van der Waals surface area contributed by atoms with Gasteiger partial charge in [-0.25, -0.2) is 0 Å². The van der Waals surface area contributed by atoms with Crippen molar-refractivity contribution in [1.29, 1.82) is 0 Å². The summed E-state index contributed by atoms with van der Waals surface area (Å²) in [7, 11) is 0. The van der Waals surface area contributed by atoms with Crippen molar-refractivity contribution in [2.75, 3.05) is 11.9 Å². The van der Waals surface area contributed by atoms with Gasteiger partial charge in [0.1, 0.15) is 0 Å². The molecule has 2 amide bonds. The van der Waals surface area contributed by atoms with Crippen LogP contribution >= 0.6 is 0 Å². The number of hydrogen-bond donors (Lipinski definition) is 3. The number of anilines is 1. The van der Waals surface area contributed by atoms with Crippen LogP contribution in [0.4, 0.5) is 5.69 Å². The Morgan fingerprint density at radius 3 is 2.59 bits per heavy atom. The van der Waals surface area contributed by atoms with Crippen LogP contribution in [0.2, 0.25) is 0 Å². The van der Waals surface area contributed by atoms with Crippen molar-refractivity contribution in [1.82, 2.24) is 0 Å². The number of aryl methyl sites for hydroxylation is 1. The Kier molecular flexibility index (Phi) is 4.23. The van der Waals surface area contributed by atoms with Gasteiger partial charge in [0.2, 0.25) is 11.8 Å². The number of amides is 2. The van der Waals surface area contributed by atoms with Crippen LogP contribution in [0.5, 0.6) is 0 Å². The highest BCUT2D eigenvalue weighted by molar-refractivity contribution is 5.97. The van der Waals surface area contributed by atoms with Gasteiger partial charge in [0, 0.05) is 23.7 Å². The molecular weight excluding hydrogens is 218 g/mol. The van der Waals surface area contributed by atoms with E-state index in [0.29, 0.717) is 11.3 Å². The Bertz CT molecular complexity index is 443. The Morgan fingerprint density at radius 2 is 2.06 bits per heavy atom. The van der Waals surface area contributed by atoms with E-state index in [4.69, 9.17) is 11.5 Å². The summed E-state index contributed by atoms with van der Waals surface area (Å²) in [4.78, 5) is 22.7. The first kappa shape index (κ1) is 13.2. The van der Waals surface area contributed by atoms with Gasteiger partial charge >= 0.3 is 0 Å². The molecule has 0 fully saturated rings. The summed E-state index contributed by atoms with van der Waals surface area (Å²) in [6.07, 6.45) is 0. The SMILES string of the molecule is Cc1ccc(C(N)=O)cc1NC(=O)C(C)CN. The zero-order valence-electron chi connectivity index (χ0n) is 9.99. The van der Waals surface area contributed by atoms with Crippen molar-refractivity contribution in [3.05, 3.63) is 29.3 Å². The van der Waals surface area contributed by atoms with E-state index in [-0.39, 0.29) is 18.4 Å². The lowest BCUT2D eigenvalue weighted by molar-refractivity contribution is -0.119. The summed E-state index contributed by atoms with van der Waals surface area (Å²) in [6.45, 7) is 3.86. The van der Waals surface area contributed by atoms with Crippen molar-refractivity contribution in [3.8, 4) is 0 Å². The monoisotopic (exact) mass is 235 g/mol. The van der Waals surface area contributed by atoms with Gasteiger partial charge in [-0.15, -0.1) is 0 Å². The van der Waals surface area contributed by atoms with E-state index in [1.165, 1.54) is 0 Å². The predicted molar refractivity (Wildman–Crippen MR) is 66.5 cm³/mol. The average Bonchev–Trinajstić information content (AvgIpc) is 2.30. The number of primary amides is 1. The fraction of sp³-hybridized carbons (Fsp3) is 0.333. The van der Waals surface area contributed by atoms with E-state index >= 15 is 0 Å². The van der Waals surface area contributed by atoms with Gasteiger partial charge in [0.05, 0.1) is 0 Å². The van der Waals surface area contributed by atoms with E-state index in [2.05, 4.69) is 5.32 Å². The molecule has 0 aliphatic rings. The number of hydrogen-bond acceptors (Lipinski definition) is 3. The van der Waals surface area contributed by atoms with Crippen molar-refractivity contribution in [2.45, 2.75) is 13.8 Å². The second-order valence-electron chi connectivity index (χ2n) is 4.02. The minimum absolute atomic E-state index is 0.169. The molecule has 1 aromatic carbocycles. The zero-order chi connectivity index (χ0) is 13.0. The molecule has 0 bridgehead atoms. The highest BCUT2D eigenvalue weighted by atomic mass is 16.2. The van der Waals surface area contributed by atoms with Gasteiger partial charge < -0.3 is 16.8 Å². The quantitative estimate of drug-likeness (QED) is 0.713. The van der Waals surface area contributed by atoms with Crippen molar-refractivity contribution in [3.63, 3.8) is 0 Å². The number of benzene rings is 1. The first-order chi connectivity index (χ1) is 7.95. The third kappa shape index (κ3) is 3.29. The maximum atomic E-state index is 11.7. The van der Waals surface area contributed by atoms with E-state index in [1.54, 1.807) is 25.1 Å². The minimum Gasteiger partial charge on any atom is -0.366 e. The molecule has 0 spiro atoms. The fourth-order valence-electron chi connectivity index (χ4n) is 1.27. The number of carbonyl (C=O) groups excluding carboxylic acids is 2. The van der Waals surface area contributed by atoms with Gasteiger partial charge in [0.25, 0.3) is 0 Å². The second-order valence-corrected chi connectivity index (χ2v) is 4.02. The van der Waals surface area contributed by atoms with Gasteiger partial charge in [-0.3, -0.25) is 9.59 Å². The molecule has 5 N–H and O–H groups in total. The molecule has 0 aliphatic heterocycles. The molecule has 0 aliphatic carbocycles. The summed E-state index contributed by atoms with van der Waals surface area (Å²) in [5.41, 5.74) is 12.4. The maximum Gasteiger partial charge on any atom is 0.248 e. The van der Waals surface area contributed by atoms with E-state index in [1.807, 2.05) is 6.92 Å². The van der Waals surface area contributed by atoms with E-state index in [0.717, 1.165) is 5.56 Å². The van der Waals surface area contributed by atoms with Gasteiger partial charge in [0.15, 0.2) is 0 Å². The van der Waals surface area contributed by atoms with E-state index < -0.39 is 5.91 Å². The molecule has 17 heavy (non-hydrogen) atoms. The molecule has 5 nitrogen and oxygen atoms in total. The topological polar surface area (TPSA) is 98.2 Å². The van der Waals surface area contributed by atoms with Crippen LogP contribution in [0.1, 0.15) is 22.8 Å². The molecule has 5 heteroatoms. The third-order valence-electron chi connectivity index (χ3n) is 2.58. The molecule has 1 aromatic rings. The highest BCUT2D eigenvalue weighted by Crippen LogP contribution is 2.17. The highest BCUT2D eigenvalue weighted by Gasteiger charge is 2.13. The number of nitrogens with one attached hydrogen (secondary N) is 1. The van der Waals surface area contributed by atoms with Crippen LogP contribution < -0.4 is 16.8 Å². The van der Waals surface area contributed by atoms with Crippen LogP contribution in [-0.2, 0) is 4.79 Å². The smallest absolute Gasteiger partial charge is 0.248 e. The Morgan fingerprint density at radius 1 is 1.41 bits per heavy atom. The molecule has 92 valence electrons. The lowest BCUT2D eigenvalue weighted by Crippen LogP contribution is -2.27. The molecule has 1 rings (SSSR count). The van der Waals surface area contributed by atoms with Gasteiger partial charge in [-0.05, 0) is 24.6 Å². The Hall–Kier alpha value is -1.88. The molecule has 0 saturated heterocycles. The molecule has 0 aromatic heterocycles. The van der Waals surface area contributed by atoms with Gasteiger partial charge in [-0.1, -0.05) is 13.0 Å². The lowest BCUT2D eigenvalue weighted by atomic mass is 10.1. The summed E-state index contributed by atoms with van der Waals surface area (Å²) >= 11 is 0. The second kappa shape index (κ2) is 5.45. The molecule has 0 heterocycles. The number of carbonyl (C=O) groups is 2. The van der Waals surface area contributed by atoms with Crippen LogP contribution in [-0.4, -0.2) is 18.4 Å². The van der Waals surface area contributed by atoms with Crippen LogP contribution in [0.25, 0.3) is 0 Å². The van der Waals surface area contributed by atoms with Crippen LogP contribution in [0, 0.1) is 12.8 Å². The van der Waals surface area contributed by atoms with Crippen LogP contribution in [0.3, 0.4) is 0 Å². The Balaban J connectivity index is 2.94. The zero-order valence-corrected chi connectivity index (χ0v) is 9.99. The van der Waals surface area contributed by atoms with Crippen molar-refractivity contribution >= 4 is 17.5 Å². The summed E-state index contributed by atoms with van der Waals surface area (Å²) in [5, 5.41) is 2.73. The average molecular weight is 235 g/mol. The largest absolute Gasteiger partial charge is 0.366 e. The summed E-state index contributed by atoms with van der Waals surface area (Å²) in [5.74, 6) is -0.962. The normalized spacial score (nSPS) is 11.9. The first-order valence-electron chi connectivity index (χ1n) is 5.37. The molecule has 1 atom stereocenters. The molecule has 1 unspecified atom stereocenters. The number of nitrogens with two attached hydrogens (primary N) is 2. The maximum absolute atomic E-state index is 11.7. The summed E-state index contributed by atoms with van der Waals surface area (Å²) in [6, 6.07) is 4.93. The summed E-state index contributed by atoms with van der Waals surface area (Å²) < 4.78 is 0. The minimum atomic E-state index is -0.521. The van der Waals surface area contributed by atoms with Crippen LogP contribution in [0.15, 0.2) is 18.2 Å². The third-order valence-corrected chi connectivity index (χ3v) is 2.58. The fourth-order valence-corrected chi connectivity index (χ4v) is 1.27. The van der Waals surface area contributed by atoms with Gasteiger partial charge in [-0.2, -0.15) is 0 Å². The number of rotatable bonds is 4. The molecule has 0 radical (unpaired) electrons. The molecule has 0 saturated carbocycles. The standard InChI is InChI=1S/C12H17N3O2/c1-7-3-4-9(11(14)16)5-10(7)15-12(17)8(2)6-13/h3-5,8H,6,13H2,1-2H3,(H2,14,16)(H,15,17). The molecular formula is C12H17N3O2. The van der Waals surface area contributed by atoms with Crippen molar-refractivity contribution < 1.29 is 9.59 Å².